The van der Waals surface area contributed by atoms with E-state index in [4.69, 9.17) is 0 Å². The Balaban J connectivity index is 1.86. The normalized spacial score (nSPS) is 11.4. The van der Waals surface area contributed by atoms with Gasteiger partial charge in [0.25, 0.3) is 0 Å². The van der Waals surface area contributed by atoms with Crippen LogP contribution in [-0.4, -0.2) is 35.1 Å². The summed E-state index contributed by atoms with van der Waals surface area (Å²) in [5.41, 5.74) is 2.12. The number of ether oxygens (including phenoxy) is 2. The molecule has 7 heteroatoms. The summed E-state index contributed by atoms with van der Waals surface area (Å²) in [7, 11) is 0. The highest BCUT2D eigenvalue weighted by molar-refractivity contribution is 6.00. The van der Waals surface area contributed by atoms with Gasteiger partial charge in [-0.2, -0.15) is 0 Å². The van der Waals surface area contributed by atoms with Crippen molar-refractivity contribution in [2.75, 3.05) is 0 Å². The van der Waals surface area contributed by atoms with Gasteiger partial charge in [-0.15, -0.1) is 0 Å². The van der Waals surface area contributed by atoms with Crippen molar-refractivity contribution in [3.05, 3.63) is 70.8 Å². The molecule has 1 unspecified atom stereocenters. The highest BCUT2D eigenvalue weighted by atomic mass is 16.6. The van der Waals surface area contributed by atoms with Crippen LogP contribution in [0.3, 0.4) is 0 Å². The van der Waals surface area contributed by atoms with Gasteiger partial charge in [0.15, 0.2) is 6.10 Å². The zero-order chi connectivity index (χ0) is 20.0. The largest absolute Gasteiger partial charge is 0.389 e. The molecular weight excluding hydrogens is 352 g/mol. The van der Waals surface area contributed by atoms with E-state index in [1.807, 2.05) is 13.8 Å². The number of carbonyl (C=O) groups excluding carboxylic acids is 4. The lowest BCUT2D eigenvalue weighted by molar-refractivity contribution is -0.153. The van der Waals surface area contributed by atoms with E-state index in [0.29, 0.717) is 0 Å². The van der Waals surface area contributed by atoms with E-state index in [1.165, 1.54) is 24.3 Å². The minimum Gasteiger partial charge on any atom is -0.389 e. The fraction of sp³-hybridized carbons (Fsp3) is 0.200. The number of benzene rings is 2. The second-order valence-corrected chi connectivity index (χ2v) is 5.92. The Morgan fingerprint density at radius 2 is 1.19 bits per heavy atom. The summed E-state index contributed by atoms with van der Waals surface area (Å²) in [5.74, 6) is -4.28. The van der Waals surface area contributed by atoms with Crippen molar-refractivity contribution in [2.24, 2.45) is 0 Å². The second kappa shape index (κ2) is 8.86. The molecule has 2 aromatic carbocycles. The lowest BCUT2D eigenvalue weighted by Gasteiger charge is -2.09. The molecule has 7 nitrogen and oxygen atoms in total. The summed E-state index contributed by atoms with van der Waals surface area (Å²) in [6, 6.07) is 12.6. The number of aryl methyl sites for hydroxylation is 2. The van der Waals surface area contributed by atoms with E-state index in [0.717, 1.165) is 11.1 Å². The van der Waals surface area contributed by atoms with E-state index in [2.05, 4.69) is 9.47 Å². The molecule has 0 saturated heterocycles. The van der Waals surface area contributed by atoms with Crippen LogP contribution < -0.4 is 0 Å². The van der Waals surface area contributed by atoms with Gasteiger partial charge in [0, 0.05) is 0 Å². The van der Waals surface area contributed by atoms with Crippen LogP contribution in [-0.2, 0) is 19.1 Å². The zero-order valence-electron chi connectivity index (χ0n) is 14.8. The van der Waals surface area contributed by atoms with Gasteiger partial charge < -0.3 is 14.6 Å². The summed E-state index contributed by atoms with van der Waals surface area (Å²) < 4.78 is 9.09. The smallest absolute Gasteiger partial charge is 0.345 e. The lowest BCUT2D eigenvalue weighted by atomic mass is 10.1. The molecule has 1 N–H and O–H groups in total. The Kier molecular flexibility index (Phi) is 6.56. The van der Waals surface area contributed by atoms with Crippen LogP contribution in [0.2, 0.25) is 0 Å². The van der Waals surface area contributed by atoms with Crippen molar-refractivity contribution in [3.63, 3.8) is 0 Å². The topological polar surface area (TPSA) is 107 Å². The summed E-state index contributed by atoms with van der Waals surface area (Å²) >= 11 is 0. The molecule has 1 atom stereocenters. The Hall–Kier alpha value is -3.32. The first-order chi connectivity index (χ1) is 12.8. The maximum Gasteiger partial charge on any atom is 0.345 e. The minimum atomic E-state index is -1.93. The fourth-order valence-corrected chi connectivity index (χ4v) is 2.04. The minimum absolute atomic E-state index is 0.123. The Bertz CT molecular complexity index is 851. The Morgan fingerprint density at radius 1 is 0.778 bits per heavy atom. The number of hydrogen-bond acceptors (Lipinski definition) is 7. The van der Waals surface area contributed by atoms with Crippen LogP contribution in [0, 0.1) is 13.8 Å². The molecular formula is C20H18O7. The standard InChI is InChI=1S/C20H18O7/c1-12-3-7-14(8-4-12)18(23)26-17(22)11-16(21)20(25)27-19(24)15-9-5-13(2)6-10-15/h3-10,16,21H,11H2,1-2H3. The van der Waals surface area contributed by atoms with Crippen molar-refractivity contribution in [1.82, 2.24) is 0 Å². The fourth-order valence-electron chi connectivity index (χ4n) is 2.04. The number of rotatable bonds is 5. The molecule has 0 aliphatic carbocycles. The van der Waals surface area contributed by atoms with Gasteiger partial charge >= 0.3 is 23.9 Å². The average Bonchev–Trinajstić information content (AvgIpc) is 2.62. The molecule has 0 aliphatic heterocycles. The third-order valence-electron chi connectivity index (χ3n) is 3.61. The number of esters is 4. The molecule has 27 heavy (non-hydrogen) atoms. The highest BCUT2D eigenvalue weighted by Crippen LogP contribution is 2.09. The van der Waals surface area contributed by atoms with E-state index < -0.39 is 36.4 Å². The van der Waals surface area contributed by atoms with Crippen molar-refractivity contribution < 1.29 is 33.8 Å². The molecule has 2 aromatic rings. The van der Waals surface area contributed by atoms with Crippen molar-refractivity contribution in [3.8, 4) is 0 Å². The van der Waals surface area contributed by atoms with Crippen LogP contribution in [0.15, 0.2) is 48.5 Å². The predicted molar refractivity (Wildman–Crippen MR) is 93.8 cm³/mol. The van der Waals surface area contributed by atoms with Gasteiger partial charge in [0.2, 0.25) is 0 Å². The van der Waals surface area contributed by atoms with Crippen LogP contribution in [0.25, 0.3) is 0 Å². The first-order valence-corrected chi connectivity index (χ1v) is 8.08. The first kappa shape index (κ1) is 20.0. The van der Waals surface area contributed by atoms with Crippen LogP contribution in [0.1, 0.15) is 38.3 Å². The van der Waals surface area contributed by atoms with Gasteiger partial charge in [-0.05, 0) is 38.1 Å². The van der Waals surface area contributed by atoms with Gasteiger partial charge in [-0.1, -0.05) is 35.4 Å². The van der Waals surface area contributed by atoms with E-state index in [1.54, 1.807) is 24.3 Å². The molecule has 0 fully saturated rings. The maximum absolute atomic E-state index is 11.8. The Labute approximate surface area is 155 Å². The van der Waals surface area contributed by atoms with Gasteiger partial charge in [0.05, 0.1) is 17.5 Å². The molecule has 0 spiro atoms. The molecule has 140 valence electrons. The molecule has 0 saturated carbocycles. The third-order valence-corrected chi connectivity index (χ3v) is 3.61. The summed E-state index contributed by atoms with van der Waals surface area (Å²) in [4.78, 5) is 47.1. The molecule has 0 radical (unpaired) electrons. The third kappa shape index (κ3) is 5.86. The quantitative estimate of drug-likeness (QED) is 0.634. The number of hydrogen-bond donors (Lipinski definition) is 1. The van der Waals surface area contributed by atoms with Crippen molar-refractivity contribution >= 4 is 23.9 Å². The van der Waals surface area contributed by atoms with Crippen LogP contribution in [0.4, 0.5) is 0 Å². The monoisotopic (exact) mass is 370 g/mol. The number of carbonyl (C=O) groups is 4. The van der Waals surface area contributed by atoms with Gasteiger partial charge in [-0.25, -0.2) is 14.4 Å². The first-order valence-electron chi connectivity index (χ1n) is 8.08. The van der Waals surface area contributed by atoms with Crippen molar-refractivity contribution in [1.29, 1.82) is 0 Å². The van der Waals surface area contributed by atoms with Gasteiger partial charge in [-0.3, -0.25) is 4.79 Å². The molecule has 0 amide bonds. The van der Waals surface area contributed by atoms with Crippen molar-refractivity contribution in [2.45, 2.75) is 26.4 Å². The average molecular weight is 370 g/mol. The molecule has 0 aliphatic rings. The van der Waals surface area contributed by atoms with E-state index >= 15 is 0 Å². The van der Waals surface area contributed by atoms with Crippen LogP contribution in [0.5, 0.6) is 0 Å². The van der Waals surface area contributed by atoms with E-state index in [-0.39, 0.29) is 11.1 Å². The lowest BCUT2D eigenvalue weighted by Crippen LogP contribution is -2.29. The summed E-state index contributed by atoms with van der Waals surface area (Å²) in [5, 5.41) is 9.71. The summed E-state index contributed by atoms with van der Waals surface area (Å²) in [6.45, 7) is 3.66. The molecule has 2 rings (SSSR count). The second-order valence-electron chi connectivity index (χ2n) is 5.92. The van der Waals surface area contributed by atoms with Gasteiger partial charge in [0.1, 0.15) is 0 Å². The molecule has 0 aromatic heterocycles. The molecule has 0 heterocycles. The molecule has 0 bridgehead atoms. The predicted octanol–water partition coefficient (Wildman–Crippen LogP) is 2.12. The zero-order valence-corrected chi connectivity index (χ0v) is 14.8. The number of aliphatic hydroxyl groups excluding tert-OH is 1. The van der Waals surface area contributed by atoms with Crippen LogP contribution >= 0.6 is 0 Å². The summed E-state index contributed by atoms with van der Waals surface area (Å²) in [6.07, 6.45) is -2.75. The Morgan fingerprint density at radius 3 is 1.63 bits per heavy atom. The van der Waals surface area contributed by atoms with E-state index in [9.17, 15) is 24.3 Å². The maximum atomic E-state index is 11.8. The SMILES string of the molecule is Cc1ccc(C(=O)OC(=O)CC(O)C(=O)OC(=O)c2ccc(C)cc2)cc1. The highest BCUT2D eigenvalue weighted by Gasteiger charge is 2.26. The number of aliphatic hydroxyl groups is 1.